The average Bonchev–Trinajstić information content (AvgIpc) is 2.28. The number of rotatable bonds is 2. The molecule has 0 radical (unpaired) electrons. The molecule has 0 unspecified atom stereocenters. The summed E-state index contributed by atoms with van der Waals surface area (Å²) in [6, 6.07) is 5.53. The van der Waals surface area contributed by atoms with Crippen molar-refractivity contribution < 1.29 is 4.74 Å². The van der Waals surface area contributed by atoms with Crippen LogP contribution < -0.4 is 10.6 Å². The highest BCUT2D eigenvalue weighted by molar-refractivity contribution is 5.50. The molecule has 104 valence electrons. The van der Waals surface area contributed by atoms with Crippen LogP contribution in [-0.4, -0.2) is 54.3 Å². The van der Waals surface area contributed by atoms with Crippen LogP contribution >= 0.6 is 0 Å². The molecule has 0 amide bonds. The zero-order valence-electron chi connectivity index (χ0n) is 11.6. The lowest BCUT2D eigenvalue weighted by Crippen LogP contribution is -2.62. The Bertz CT molecular complexity index is 420. The predicted octanol–water partition coefficient (Wildman–Crippen LogP) is 0.962. The molecule has 0 aliphatic carbocycles. The van der Waals surface area contributed by atoms with Crippen molar-refractivity contribution >= 4 is 11.5 Å². The highest BCUT2D eigenvalue weighted by Gasteiger charge is 2.35. The summed E-state index contributed by atoms with van der Waals surface area (Å²) < 4.78 is 5.30. The highest BCUT2D eigenvalue weighted by Crippen LogP contribution is 2.26. The Morgan fingerprint density at radius 3 is 2.37 bits per heavy atom. The van der Waals surface area contributed by atoms with E-state index in [2.05, 4.69) is 34.7 Å². The fourth-order valence-electron chi connectivity index (χ4n) is 3.16. The SMILES string of the molecule is C[C@H]1CN(C2COC2)C[C@H](C)N1c1ccc(N)nc1. The Kier molecular flexibility index (Phi) is 3.33. The molecule has 1 aromatic rings. The summed E-state index contributed by atoms with van der Waals surface area (Å²) in [6.07, 6.45) is 1.88. The maximum Gasteiger partial charge on any atom is 0.123 e. The van der Waals surface area contributed by atoms with Gasteiger partial charge in [0.25, 0.3) is 0 Å². The average molecular weight is 262 g/mol. The van der Waals surface area contributed by atoms with Gasteiger partial charge in [-0.05, 0) is 26.0 Å². The molecule has 1 aromatic heterocycles. The van der Waals surface area contributed by atoms with Crippen molar-refractivity contribution in [3.8, 4) is 0 Å². The van der Waals surface area contributed by atoms with Crippen LogP contribution in [0.5, 0.6) is 0 Å². The lowest BCUT2D eigenvalue weighted by molar-refractivity contribution is -0.0726. The van der Waals surface area contributed by atoms with E-state index in [1.165, 1.54) is 5.69 Å². The van der Waals surface area contributed by atoms with Gasteiger partial charge in [-0.2, -0.15) is 0 Å². The molecule has 2 atom stereocenters. The third-order valence-corrected chi connectivity index (χ3v) is 4.15. The summed E-state index contributed by atoms with van der Waals surface area (Å²) in [5.74, 6) is 0.578. The minimum absolute atomic E-state index is 0.481. The number of hydrogen-bond donors (Lipinski definition) is 1. The Morgan fingerprint density at radius 2 is 1.89 bits per heavy atom. The summed E-state index contributed by atoms with van der Waals surface area (Å²) in [6.45, 7) is 8.51. The van der Waals surface area contributed by atoms with E-state index in [0.29, 0.717) is 23.9 Å². The standard InChI is InChI=1S/C14H22N4O/c1-10-6-17(13-8-19-9-13)7-11(2)18(10)12-3-4-14(15)16-5-12/h3-5,10-11,13H,6-9H2,1-2H3,(H2,15,16)/t10-,11-/m0/s1. The Morgan fingerprint density at radius 1 is 1.21 bits per heavy atom. The van der Waals surface area contributed by atoms with Gasteiger partial charge in [0.1, 0.15) is 5.82 Å². The molecule has 0 aromatic carbocycles. The lowest BCUT2D eigenvalue weighted by atomic mass is 10.0. The van der Waals surface area contributed by atoms with Crippen LogP contribution in [0, 0.1) is 0 Å². The Labute approximate surface area is 114 Å². The van der Waals surface area contributed by atoms with Gasteiger partial charge in [0.2, 0.25) is 0 Å². The number of nitrogens with two attached hydrogens (primary N) is 1. The molecule has 0 saturated carbocycles. The summed E-state index contributed by atoms with van der Waals surface area (Å²) in [4.78, 5) is 9.21. The molecular weight excluding hydrogens is 240 g/mol. The van der Waals surface area contributed by atoms with Gasteiger partial charge in [0.05, 0.1) is 31.1 Å². The second kappa shape index (κ2) is 4.98. The van der Waals surface area contributed by atoms with E-state index in [1.807, 2.05) is 12.3 Å². The molecule has 5 nitrogen and oxygen atoms in total. The summed E-state index contributed by atoms with van der Waals surface area (Å²) in [5.41, 5.74) is 6.83. The number of aromatic nitrogens is 1. The molecule has 0 bridgehead atoms. The van der Waals surface area contributed by atoms with E-state index in [4.69, 9.17) is 10.5 Å². The first-order chi connectivity index (χ1) is 9.15. The van der Waals surface area contributed by atoms with E-state index >= 15 is 0 Å². The fourth-order valence-corrected chi connectivity index (χ4v) is 3.16. The van der Waals surface area contributed by atoms with Crippen LogP contribution in [0.25, 0.3) is 0 Å². The fraction of sp³-hybridized carbons (Fsp3) is 0.643. The molecule has 2 saturated heterocycles. The van der Waals surface area contributed by atoms with Gasteiger partial charge in [0.15, 0.2) is 0 Å². The monoisotopic (exact) mass is 262 g/mol. The zero-order valence-corrected chi connectivity index (χ0v) is 11.6. The molecular formula is C14H22N4O. The lowest BCUT2D eigenvalue weighted by Gasteiger charge is -2.49. The normalized spacial score (nSPS) is 29.3. The minimum atomic E-state index is 0.481. The maximum atomic E-state index is 5.66. The van der Waals surface area contributed by atoms with Gasteiger partial charge in [-0.15, -0.1) is 0 Å². The summed E-state index contributed by atoms with van der Waals surface area (Å²) >= 11 is 0. The molecule has 3 heterocycles. The summed E-state index contributed by atoms with van der Waals surface area (Å²) in [7, 11) is 0. The van der Waals surface area contributed by atoms with Crippen molar-refractivity contribution in [2.45, 2.75) is 32.0 Å². The molecule has 2 N–H and O–H groups in total. The molecule has 0 spiro atoms. The van der Waals surface area contributed by atoms with Gasteiger partial charge < -0.3 is 15.4 Å². The largest absolute Gasteiger partial charge is 0.384 e. The second-order valence-electron chi connectivity index (χ2n) is 5.69. The number of hydrogen-bond acceptors (Lipinski definition) is 5. The first kappa shape index (κ1) is 12.7. The van der Waals surface area contributed by atoms with E-state index in [9.17, 15) is 0 Å². The van der Waals surface area contributed by atoms with Crippen LogP contribution in [0.2, 0.25) is 0 Å². The second-order valence-corrected chi connectivity index (χ2v) is 5.69. The van der Waals surface area contributed by atoms with Gasteiger partial charge in [-0.3, -0.25) is 4.90 Å². The smallest absolute Gasteiger partial charge is 0.123 e. The third-order valence-electron chi connectivity index (χ3n) is 4.15. The van der Waals surface area contributed by atoms with E-state index in [1.54, 1.807) is 0 Å². The number of nitrogens with zero attached hydrogens (tertiary/aromatic N) is 3. The molecule has 2 fully saturated rings. The molecule has 2 aliphatic heterocycles. The third kappa shape index (κ3) is 2.40. The first-order valence-corrected chi connectivity index (χ1v) is 6.97. The van der Waals surface area contributed by atoms with Gasteiger partial charge in [0, 0.05) is 25.2 Å². The Hall–Kier alpha value is -1.33. The van der Waals surface area contributed by atoms with Crippen molar-refractivity contribution in [2.24, 2.45) is 0 Å². The van der Waals surface area contributed by atoms with Crippen molar-refractivity contribution in [1.29, 1.82) is 0 Å². The van der Waals surface area contributed by atoms with E-state index < -0.39 is 0 Å². The van der Waals surface area contributed by atoms with Crippen LogP contribution in [0.4, 0.5) is 11.5 Å². The molecule has 19 heavy (non-hydrogen) atoms. The van der Waals surface area contributed by atoms with E-state index in [0.717, 1.165) is 26.3 Å². The van der Waals surface area contributed by atoms with Gasteiger partial charge >= 0.3 is 0 Å². The number of piperazine rings is 1. The predicted molar refractivity (Wildman–Crippen MR) is 76.2 cm³/mol. The van der Waals surface area contributed by atoms with Crippen LogP contribution in [0.1, 0.15) is 13.8 Å². The number of pyridine rings is 1. The molecule has 5 heteroatoms. The van der Waals surface area contributed by atoms with Crippen LogP contribution in [-0.2, 0) is 4.74 Å². The molecule has 2 aliphatic rings. The number of nitrogen functional groups attached to an aromatic ring is 1. The van der Waals surface area contributed by atoms with Gasteiger partial charge in [-0.1, -0.05) is 0 Å². The Balaban J connectivity index is 1.74. The molecule has 3 rings (SSSR count). The van der Waals surface area contributed by atoms with Gasteiger partial charge in [-0.25, -0.2) is 4.98 Å². The highest BCUT2D eigenvalue weighted by atomic mass is 16.5. The summed E-state index contributed by atoms with van der Waals surface area (Å²) in [5, 5.41) is 0. The van der Waals surface area contributed by atoms with Crippen molar-refractivity contribution in [3.63, 3.8) is 0 Å². The first-order valence-electron chi connectivity index (χ1n) is 6.97. The van der Waals surface area contributed by atoms with Crippen LogP contribution in [0.3, 0.4) is 0 Å². The van der Waals surface area contributed by atoms with Crippen LogP contribution in [0.15, 0.2) is 18.3 Å². The number of anilines is 2. The topological polar surface area (TPSA) is 54.6 Å². The zero-order chi connectivity index (χ0) is 13.4. The van der Waals surface area contributed by atoms with Crippen molar-refractivity contribution in [1.82, 2.24) is 9.88 Å². The van der Waals surface area contributed by atoms with Crippen molar-refractivity contribution in [2.75, 3.05) is 36.9 Å². The maximum absolute atomic E-state index is 5.66. The minimum Gasteiger partial charge on any atom is -0.384 e. The number of ether oxygens (including phenoxy) is 1. The van der Waals surface area contributed by atoms with E-state index in [-0.39, 0.29) is 0 Å². The quantitative estimate of drug-likeness (QED) is 0.860. The van der Waals surface area contributed by atoms with Crippen molar-refractivity contribution in [3.05, 3.63) is 18.3 Å².